The topological polar surface area (TPSA) is 64.2 Å². The highest BCUT2D eigenvalue weighted by Gasteiger charge is 2.20. The molecule has 1 aliphatic heterocycles. The normalized spacial score (nSPS) is 15.0. The third-order valence-corrected chi connectivity index (χ3v) is 6.48. The minimum atomic E-state index is 0.187. The van der Waals surface area contributed by atoms with Gasteiger partial charge in [-0.2, -0.15) is 0 Å². The molecule has 0 radical (unpaired) electrons. The van der Waals surface area contributed by atoms with Crippen LogP contribution >= 0.6 is 11.8 Å². The molecule has 1 fully saturated rings. The van der Waals surface area contributed by atoms with Gasteiger partial charge in [-0.1, -0.05) is 55.3 Å². The largest absolute Gasteiger partial charge is 0.467 e. The van der Waals surface area contributed by atoms with Gasteiger partial charge in [-0.05, 0) is 37.5 Å². The number of carbonyl (C=O) groups is 1. The monoisotopic (exact) mass is 424 g/mol. The molecule has 0 atom stereocenters. The Morgan fingerprint density at radius 2 is 1.80 bits per heavy atom. The molecule has 30 heavy (non-hydrogen) atoms. The summed E-state index contributed by atoms with van der Waals surface area (Å²) in [4.78, 5) is 14.8. The molecule has 2 aromatic heterocycles. The standard InChI is InChI=1S/C23H28N4O2S/c1-18-10-5-6-12-20(18)22-24-25-23(27(22)16-19-11-9-15-29-19)30-17-21(28)26-13-7-3-2-4-8-14-26/h5-6,9-12,15H,2-4,7-8,13-14,16-17H2,1H3. The van der Waals surface area contributed by atoms with Gasteiger partial charge in [0.2, 0.25) is 5.91 Å². The Morgan fingerprint density at radius 1 is 1.03 bits per heavy atom. The van der Waals surface area contributed by atoms with Crippen molar-refractivity contribution in [1.82, 2.24) is 19.7 Å². The van der Waals surface area contributed by atoms with Crippen molar-refractivity contribution in [2.75, 3.05) is 18.8 Å². The zero-order chi connectivity index (χ0) is 20.8. The second kappa shape index (κ2) is 9.98. The van der Waals surface area contributed by atoms with Crippen molar-refractivity contribution in [2.45, 2.75) is 50.7 Å². The van der Waals surface area contributed by atoms with Crippen LogP contribution in [0.3, 0.4) is 0 Å². The number of thioether (sulfide) groups is 1. The molecule has 0 spiro atoms. The lowest BCUT2D eigenvalue weighted by Crippen LogP contribution is -2.35. The number of nitrogens with zero attached hydrogens (tertiary/aromatic N) is 4. The Morgan fingerprint density at radius 3 is 2.53 bits per heavy atom. The highest BCUT2D eigenvalue weighted by molar-refractivity contribution is 7.99. The number of benzene rings is 1. The zero-order valence-electron chi connectivity index (χ0n) is 17.4. The van der Waals surface area contributed by atoms with E-state index < -0.39 is 0 Å². The van der Waals surface area contributed by atoms with Crippen LogP contribution in [0.1, 0.15) is 43.4 Å². The van der Waals surface area contributed by atoms with E-state index >= 15 is 0 Å². The molecule has 3 aromatic rings. The maximum absolute atomic E-state index is 12.8. The molecule has 6 nitrogen and oxygen atoms in total. The molecule has 158 valence electrons. The smallest absolute Gasteiger partial charge is 0.233 e. The molecule has 1 saturated heterocycles. The predicted octanol–water partition coefficient (Wildman–Crippen LogP) is 4.78. The fourth-order valence-electron chi connectivity index (χ4n) is 3.83. The van der Waals surface area contributed by atoms with Gasteiger partial charge in [0.25, 0.3) is 0 Å². The maximum atomic E-state index is 12.8. The lowest BCUT2D eigenvalue weighted by atomic mass is 10.1. The first-order valence-corrected chi connectivity index (χ1v) is 11.6. The number of aromatic nitrogens is 3. The Balaban J connectivity index is 1.53. The highest BCUT2D eigenvalue weighted by atomic mass is 32.2. The second-order valence-electron chi connectivity index (χ2n) is 7.72. The van der Waals surface area contributed by atoms with E-state index in [4.69, 9.17) is 4.42 Å². The van der Waals surface area contributed by atoms with E-state index in [1.807, 2.05) is 33.7 Å². The molecular formula is C23H28N4O2S. The summed E-state index contributed by atoms with van der Waals surface area (Å²) >= 11 is 1.46. The van der Waals surface area contributed by atoms with E-state index in [0.717, 1.165) is 53.8 Å². The summed E-state index contributed by atoms with van der Waals surface area (Å²) < 4.78 is 7.62. The molecule has 4 rings (SSSR count). The molecule has 0 unspecified atom stereocenters. The van der Waals surface area contributed by atoms with Crippen molar-refractivity contribution in [3.05, 3.63) is 54.0 Å². The van der Waals surface area contributed by atoms with Gasteiger partial charge in [-0.3, -0.25) is 9.36 Å². The molecule has 1 amide bonds. The summed E-state index contributed by atoms with van der Waals surface area (Å²) in [5.74, 6) is 2.20. The lowest BCUT2D eigenvalue weighted by molar-refractivity contribution is -0.128. The Bertz CT molecular complexity index is 960. The number of carbonyl (C=O) groups excluding carboxylic acids is 1. The molecular weight excluding hydrogens is 396 g/mol. The number of amides is 1. The van der Waals surface area contributed by atoms with Crippen LogP contribution in [-0.2, 0) is 11.3 Å². The van der Waals surface area contributed by atoms with Gasteiger partial charge in [-0.15, -0.1) is 10.2 Å². The first-order valence-electron chi connectivity index (χ1n) is 10.6. The molecule has 0 saturated carbocycles. The summed E-state index contributed by atoms with van der Waals surface area (Å²) in [5.41, 5.74) is 2.18. The molecule has 0 aliphatic carbocycles. The van der Waals surface area contributed by atoms with Gasteiger partial charge >= 0.3 is 0 Å². The van der Waals surface area contributed by atoms with Crippen LogP contribution in [0.15, 0.2) is 52.2 Å². The fourth-order valence-corrected chi connectivity index (χ4v) is 4.67. The van der Waals surface area contributed by atoms with Crippen molar-refractivity contribution in [3.8, 4) is 11.4 Å². The molecule has 1 aromatic carbocycles. The number of rotatable bonds is 6. The number of furan rings is 1. The van der Waals surface area contributed by atoms with Crippen molar-refractivity contribution < 1.29 is 9.21 Å². The third-order valence-electron chi connectivity index (χ3n) is 5.53. The van der Waals surface area contributed by atoms with Crippen LogP contribution < -0.4 is 0 Å². The van der Waals surface area contributed by atoms with Crippen LogP contribution in [0.4, 0.5) is 0 Å². The molecule has 7 heteroatoms. The van der Waals surface area contributed by atoms with Gasteiger partial charge in [-0.25, -0.2) is 0 Å². The van der Waals surface area contributed by atoms with Gasteiger partial charge in [0.05, 0.1) is 18.6 Å². The summed E-state index contributed by atoms with van der Waals surface area (Å²) in [7, 11) is 0. The van der Waals surface area contributed by atoms with Gasteiger partial charge in [0.1, 0.15) is 5.76 Å². The fraction of sp³-hybridized carbons (Fsp3) is 0.435. The van der Waals surface area contributed by atoms with Crippen LogP contribution in [0.5, 0.6) is 0 Å². The SMILES string of the molecule is Cc1ccccc1-c1nnc(SCC(=O)N2CCCCCCC2)n1Cc1ccco1. The first kappa shape index (κ1) is 20.7. The summed E-state index contributed by atoms with van der Waals surface area (Å²) in [5, 5.41) is 9.64. The van der Waals surface area contributed by atoms with E-state index in [-0.39, 0.29) is 5.91 Å². The van der Waals surface area contributed by atoms with Crippen LogP contribution in [0.2, 0.25) is 0 Å². The number of likely N-dealkylation sites (tertiary alicyclic amines) is 1. The van der Waals surface area contributed by atoms with Crippen molar-refractivity contribution in [3.63, 3.8) is 0 Å². The predicted molar refractivity (Wildman–Crippen MR) is 118 cm³/mol. The number of hydrogen-bond acceptors (Lipinski definition) is 5. The maximum Gasteiger partial charge on any atom is 0.233 e. The van der Waals surface area contributed by atoms with Crippen LogP contribution in [0, 0.1) is 6.92 Å². The van der Waals surface area contributed by atoms with Crippen LogP contribution in [0.25, 0.3) is 11.4 Å². The third kappa shape index (κ3) is 4.95. The van der Waals surface area contributed by atoms with Crippen molar-refractivity contribution in [1.29, 1.82) is 0 Å². The highest BCUT2D eigenvalue weighted by Crippen LogP contribution is 2.27. The van der Waals surface area contributed by atoms with Crippen molar-refractivity contribution >= 4 is 17.7 Å². The average molecular weight is 425 g/mol. The van der Waals surface area contributed by atoms with E-state index in [9.17, 15) is 4.79 Å². The van der Waals surface area contributed by atoms with Crippen LogP contribution in [-0.4, -0.2) is 44.4 Å². The Labute approximate surface area is 181 Å². The molecule has 1 aliphatic rings. The summed E-state index contributed by atoms with van der Waals surface area (Å²) in [6, 6.07) is 12.0. The summed E-state index contributed by atoms with van der Waals surface area (Å²) in [6.45, 7) is 4.34. The van der Waals surface area contributed by atoms with E-state index in [1.54, 1.807) is 6.26 Å². The van der Waals surface area contributed by atoms with E-state index in [0.29, 0.717) is 12.3 Å². The number of aryl methyl sites for hydroxylation is 1. The summed E-state index contributed by atoms with van der Waals surface area (Å²) in [6.07, 6.45) is 7.59. The molecule has 3 heterocycles. The Hall–Kier alpha value is -2.54. The van der Waals surface area contributed by atoms with E-state index in [1.165, 1.54) is 31.0 Å². The minimum absolute atomic E-state index is 0.187. The lowest BCUT2D eigenvalue weighted by Gasteiger charge is -2.24. The van der Waals surface area contributed by atoms with E-state index in [2.05, 4.69) is 29.3 Å². The Kier molecular flexibility index (Phi) is 6.89. The van der Waals surface area contributed by atoms with Gasteiger partial charge < -0.3 is 9.32 Å². The van der Waals surface area contributed by atoms with Crippen molar-refractivity contribution in [2.24, 2.45) is 0 Å². The average Bonchev–Trinajstić information content (AvgIpc) is 3.37. The molecule has 0 N–H and O–H groups in total. The zero-order valence-corrected chi connectivity index (χ0v) is 18.2. The number of hydrogen-bond donors (Lipinski definition) is 0. The molecule has 0 bridgehead atoms. The first-order chi connectivity index (χ1) is 14.7. The quantitative estimate of drug-likeness (QED) is 0.533. The van der Waals surface area contributed by atoms with Gasteiger partial charge in [0.15, 0.2) is 11.0 Å². The second-order valence-corrected chi connectivity index (χ2v) is 8.67. The van der Waals surface area contributed by atoms with Gasteiger partial charge in [0, 0.05) is 18.7 Å². The minimum Gasteiger partial charge on any atom is -0.467 e.